The molecule has 0 bridgehead atoms. The Kier molecular flexibility index (Phi) is 4.22. The number of carbonyl (C=O) groups is 2. The molecule has 0 aliphatic carbocycles. The van der Waals surface area contributed by atoms with Gasteiger partial charge in [-0.25, -0.2) is 0 Å². The van der Waals surface area contributed by atoms with Crippen LogP contribution in [0.2, 0.25) is 0 Å². The fourth-order valence-corrected chi connectivity index (χ4v) is 1.93. The number of hydrogen-bond donors (Lipinski definition) is 2. The summed E-state index contributed by atoms with van der Waals surface area (Å²) in [6.45, 7) is 1.15. The highest BCUT2D eigenvalue weighted by Gasteiger charge is 2.18. The molecular weight excluding hydrogens is 250 g/mol. The number of carboxylic acids is 1. The van der Waals surface area contributed by atoms with E-state index in [4.69, 9.17) is 14.6 Å². The molecule has 1 aromatic rings. The van der Waals surface area contributed by atoms with Crippen LogP contribution in [0.1, 0.15) is 24.4 Å². The lowest BCUT2D eigenvalue weighted by molar-refractivity contribution is -0.137. The van der Waals surface area contributed by atoms with Gasteiger partial charge >= 0.3 is 5.97 Å². The van der Waals surface area contributed by atoms with Crippen LogP contribution in [0.25, 0.3) is 0 Å². The Balaban J connectivity index is 2.24. The van der Waals surface area contributed by atoms with Crippen LogP contribution in [-0.4, -0.2) is 30.7 Å². The summed E-state index contributed by atoms with van der Waals surface area (Å²) in [7, 11) is 0. The van der Waals surface area contributed by atoms with E-state index in [2.05, 4.69) is 5.32 Å². The maximum atomic E-state index is 10.8. The molecule has 0 spiro atoms. The van der Waals surface area contributed by atoms with Crippen molar-refractivity contribution in [1.29, 1.82) is 0 Å². The third-order valence-electron chi connectivity index (χ3n) is 2.82. The van der Waals surface area contributed by atoms with Crippen LogP contribution in [0.3, 0.4) is 0 Å². The van der Waals surface area contributed by atoms with Crippen LogP contribution in [0.5, 0.6) is 11.5 Å². The summed E-state index contributed by atoms with van der Waals surface area (Å²) in [5, 5.41) is 11.3. The Morgan fingerprint density at radius 3 is 2.79 bits per heavy atom. The van der Waals surface area contributed by atoms with E-state index in [1.807, 2.05) is 0 Å². The summed E-state index contributed by atoms with van der Waals surface area (Å²) in [6, 6.07) is 4.60. The molecule has 6 nitrogen and oxygen atoms in total. The van der Waals surface area contributed by atoms with Gasteiger partial charge in [0.25, 0.3) is 0 Å². The molecule has 1 heterocycles. The zero-order chi connectivity index (χ0) is 13.7. The monoisotopic (exact) mass is 265 g/mol. The standard InChI is InChI=1S/C13H15NO5/c15-8-14-10(7-13(16)17)9-2-3-11-12(6-9)19-5-1-4-18-11/h2-3,6,8,10H,1,4-5,7H2,(H,14,15)(H,16,17)/t10-/m0/s1. The number of nitrogens with one attached hydrogen (secondary N) is 1. The van der Waals surface area contributed by atoms with E-state index >= 15 is 0 Å². The summed E-state index contributed by atoms with van der Waals surface area (Å²) in [4.78, 5) is 21.3. The molecule has 19 heavy (non-hydrogen) atoms. The maximum absolute atomic E-state index is 10.8. The molecule has 1 aliphatic heterocycles. The van der Waals surface area contributed by atoms with Crippen molar-refractivity contribution in [2.45, 2.75) is 18.9 Å². The first-order valence-corrected chi connectivity index (χ1v) is 6.01. The van der Waals surface area contributed by atoms with Crippen molar-refractivity contribution in [3.8, 4) is 11.5 Å². The zero-order valence-corrected chi connectivity index (χ0v) is 10.3. The van der Waals surface area contributed by atoms with Crippen LogP contribution >= 0.6 is 0 Å². The van der Waals surface area contributed by atoms with Gasteiger partial charge < -0.3 is 19.9 Å². The molecule has 0 aromatic heterocycles. The second kappa shape index (κ2) is 6.08. The molecule has 0 saturated carbocycles. The molecule has 6 heteroatoms. The van der Waals surface area contributed by atoms with E-state index in [1.165, 1.54) is 0 Å². The molecular formula is C13H15NO5. The molecule has 1 aliphatic rings. The lowest BCUT2D eigenvalue weighted by Crippen LogP contribution is -2.22. The third-order valence-corrected chi connectivity index (χ3v) is 2.82. The number of benzene rings is 1. The van der Waals surface area contributed by atoms with Crippen molar-refractivity contribution in [3.05, 3.63) is 23.8 Å². The molecule has 102 valence electrons. The predicted molar refractivity (Wildman–Crippen MR) is 66.2 cm³/mol. The van der Waals surface area contributed by atoms with E-state index in [1.54, 1.807) is 18.2 Å². The van der Waals surface area contributed by atoms with Crippen molar-refractivity contribution in [1.82, 2.24) is 5.32 Å². The third kappa shape index (κ3) is 3.37. The lowest BCUT2D eigenvalue weighted by Gasteiger charge is -2.16. The van der Waals surface area contributed by atoms with E-state index in [9.17, 15) is 9.59 Å². The van der Waals surface area contributed by atoms with Crippen molar-refractivity contribution < 1.29 is 24.2 Å². The normalized spacial score (nSPS) is 15.2. The van der Waals surface area contributed by atoms with Crippen LogP contribution in [-0.2, 0) is 9.59 Å². The van der Waals surface area contributed by atoms with Gasteiger partial charge in [0.05, 0.1) is 25.7 Å². The molecule has 2 N–H and O–H groups in total. The van der Waals surface area contributed by atoms with Gasteiger partial charge in [0.2, 0.25) is 6.41 Å². The number of carboxylic acid groups (broad SMARTS) is 1. The van der Waals surface area contributed by atoms with E-state index in [0.717, 1.165) is 6.42 Å². The smallest absolute Gasteiger partial charge is 0.305 e. The van der Waals surface area contributed by atoms with Gasteiger partial charge in [-0.2, -0.15) is 0 Å². The van der Waals surface area contributed by atoms with Crippen LogP contribution < -0.4 is 14.8 Å². The number of carbonyl (C=O) groups excluding carboxylic acids is 1. The van der Waals surface area contributed by atoms with Gasteiger partial charge in [0, 0.05) is 6.42 Å². The Bertz CT molecular complexity index is 474. The number of hydrogen-bond acceptors (Lipinski definition) is 4. The fourth-order valence-electron chi connectivity index (χ4n) is 1.93. The van der Waals surface area contributed by atoms with Crippen LogP contribution in [0.15, 0.2) is 18.2 Å². The SMILES string of the molecule is O=CN[C@@H](CC(=O)O)c1ccc2c(c1)OCCCO2. The quantitative estimate of drug-likeness (QED) is 0.779. The van der Waals surface area contributed by atoms with Crippen molar-refractivity contribution >= 4 is 12.4 Å². The van der Waals surface area contributed by atoms with Gasteiger partial charge in [0.15, 0.2) is 11.5 Å². The first-order chi connectivity index (χ1) is 9.20. The summed E-state index contributed by atoms with van der Waals surface area (Å²) in [5.74, 6) is 0.242. The molecule has 0 fully saturated rings. The number of ether oxygens (including phenoxy) is 2. The lowest BCUT2D eigenvalue weighted by atomic mass is 10.0. The average Bonchev–Trinajstić information content (AvgIpc) is 2.62. The van der Waals surface area contributed by atoms with Gasteiger partial charge in [-0.1, -0.05) is 6.07 Å². The first-order valence-electron chi connectivity index (χ1n) is 6.01. The summed E-state index contributed by atoms with van der Waals surface area (Å²) in [5.41, 5.74) is 0.679. The van der Waals surface area contributed by atoms with Crippen LogP contribution in [0, 0.1) is 0 Å². The second-order valence-electron chi connectivity index (χ2n) is 4.19. The predicted octanol–water partition coefficient (Wildman–Crippen LogP) is 1.11. The van der Waals surface area contributed by atoms with Gasteiger partial charge in [-0.3, -0.25) is 9.59 Å². The molecule has 0 radical (unpaired) electrons. The maximum Gasteiger partial charge on any atom is 0.305 e. The Morgan fingerprint density at radius 2 is 2.11 bits per heavy atom. The topological polar surface area (TPSA) is 84.9 Å². The highest BCUT2D eigenvalue weighted by molar-refractivity contribution is 5.68. The van der Waals surface area contributed by atoms with Crippen LogP contribution in [0.4, 0.5) is 0 Å². The summed E-state index contributed by atoms with van der Waals surface area (Å²) in [6.07, 6.45) is 1.12. The highest BCUT2D eigenvalue weighted by Crippen LogP contribution is 2.32. The van der Waals surface area contributed by atoms with Crippen molar-refractivity contribution in [2.24, 2.45) is 0 Å². The Labute approximate surface area is 110 Å². The van der Waals surface area contributed by atoms with Gasteiger partial charge in [-0.15, -0.1) is 0 Å². The molecule has 1 amide bonds. The van der Waals surface area contributed by atoms with E-state index < -0.39 is 12.0 Å². The Hall–Kier alpha value is -2.24. The van der Waals surface area contributed by atoms with E-state index in [-0.39, 0.29) is 6.42 Å². The van der Waals surface area contributed by atoms with Crippen molar-refractivity contribution in [2.75, 3.05) is 13.2 Å². The van der Waals surface area contributed by atoms with Gasteiger partial charge in [0.1, 0.15) is 0 Å². The number of aliphatic carboxylic acids is 1. The molecule has 1 aromatic carbocycles. The Morgan fingerprint density at radius 1 is 1.37 bits per heavy atom. The molecule has 2 rings (SSSR count). The minimum Gasteiger partial charge on any atom is -0.490 e. The minimum atomic E-state index is -0.980. The number of amides is 1. The second-order valence-corrected chi connectivity index (χ2v) is 4.19. The molecule has 0 unspecified atom stereocenters. The number of rotatable bonds is 5. The summed E-state index contributed by atoms with van der Waals surface area (Å²) >= 11 is 0. The zero-order valence-electron chi connectivity index (χ0n) is 10.3. The first kappa shape index (κ1) is 13.2. The number of fused-ring (bicyclic) bond motifs is 1. The highest BCUT2D eigenvalue weighted by atomic mass is 16.5. The van der Waals surface area contributed by atoms with Gasteiger partial charge in [-0.05, 0) is 17.7 Å². The molecule has 0 saturated heterocycles. The minimum absolute atomic E-state index is 0.182. The largest absolute Gasteiger partial charge is 0.490 e. The fraction of sp³-hybridized carbons (Fsp3) is 0.385. The average molecular weight is 265 g/mol. The van der Waals surface area contributed by atoms with E-state index in [0.29, 0.717) is 36.7 Å². The van der Waals surface area contributed by atoms with Crippen molar-refractivity contribution in [3.63, 3.8) is 0 Å². The summed E-state index contributed by atoms with van der Waals surface area (Å²) < 4.78 is 11.0. The molecule has 1 atom stereocenters.